The summed E-state index contributed by atoms with van der Waals surface area (Å²) in [5.74, 6) is -1.52. The van der Waals surface area contributed by atoms with E-state index in [9.17, 15) is 22.4 Å². The third kappa shape index (κ3) is 5.16. The molecule has 2 saturated heterocycles. The van der Waals surface area contributed by atoms with Crippen LogP contribution < -0.4 is 5.32 Å². The van der Waals surface area contributed by atoms with Gasteiger partial charge in [0.15, 0.2) is 0 Å². The van der Waals surface area contributed by atoms with Gasteiger partial charge in [-0.15, -0.1) is 0 Å². The maximum absolute atomic E-state index is 14.3. The van der Waals surface area contributed by atoms with Gasteiger partial charge in [-0.3, -0.25) is 9.59 Å². The molecule has 0 radical (unpaired) electrons. The van der Waals surface area contributed by atoms with Crippen molar-refractivity contribution in [1.29, 1.82) is 0 Å². The number of likely N-dealkylation sites (tertiary alicyclic amines) is 1. The van der Waals surface area contributed by atoms with E-state index in [0.29, 0.717) is 25.9 Å². The number of morpholine rings is 1. The predicted molar refractivity (Wildman–Crippen MR) is 109 cm³/mol. The van der Waals surface area contributed by atoms with E-state index >= 15 is 0 Å². The highest BCUT2D eigenvalue weighted by atomic mass is 32.2. The predicted octanol–water partition coefficient (Wildman–Crippen LogP) is 1.82. The SMILES string of the molecule is CCCC(=O)N1CCCC(C(=O)Nc2ccc(F)c(S(=O)(=O)N3CCOCC3)c2)C1. The van der Waals surface area contributed by atoms with E-state index in [1.54, 1.807) is 4.90 Å². The molecule has 2 fully saturated rings. The third-order valence-corrected chi connectivity index (χ3v) is 7.31. The fourth-order valence-electron chi connectivity index (χ4n) is 3.74. The minimum absolute atomic E-state index is 0.0377. The van der Waals surface area contributed by atoms with Gasteiger partial charge < -0.3 is 15.0 Å². The van der Waals surface area contributed by atoms with Crippen LogP contribution in [0.5, 0.6) is 0 Å². The molecule has 2 amide bonds. The van der Waals surface area contributed by atoms with Crippen molar-refractivity contribution in [2.45, 2.75) is 37.5 Å². The first-order chi connectivity index (χ1) is 14.3. The Morgan fingerprint density at radius 2 is 1.97 bits per heavy atom. The Hall–Kier alpha value is -2.04. The van der Waals surface area contributed by atoms with Crippen LogP contribution in [0.4, 0.5) is 10.1 Å². The van der Waals surface area contributed by atoms with Gasteiger partial charge >= 0.3 is 0 Å². The van der Waals surface area contributed by atoms with Crippen molar-refractivity contribution in [2.75, 3.05) is 44.7 Å². The Morgan fingerprint density at radius 3 is 2.67 bits per heavy atom. The van der Waals surface area contributed by atoms with Crippen molar-refractivity contribution >= 4 is 27.5 Å². The summed E-state index contributed by atoms with van der Waals surface area (Å²) in [6, 6.07) is 3.54. The topological polar surface area (TPSA) is 96.0 Å². The second-order valence-corrected chi connectivity index (χ2v) is 9.49. The molecule has 2 heterocycles. The number of sulfonamides is 1. The summed E-state index contributed by atoms with van der Waals surface area (Å²) in [5, 5.41) is 2.69. The fraction of sp³-hybridized carbons (Fsp3) is 0.600. The van der Waals surface area contributed by atoms with Crippen LogP contribution in [0, 0.1) is 11.7 Å². The van der Waals surface area contributed by atoms with Crippen LogP contribution in [0.15, 0.2) is 23.1 Å². The molecule has 2 aliphatic heterocycles. The van der Waals surface area contributed by atoms with E-state index in [1.165, 1.54) is 10.4 Å². The molecule has 1 atom stereocenters. The van der Waals surface area contributed by atoms with E-state index in [0.717, 1.165) is 25.0 Å². The highest BCUT2D eigenvalue weighted by molar-refractivity contribution is 7.89. The summed E-state index contributed by atoms with van der Waals surface area (Å²) >= 11 is 0. The number of hydrogen-bond donors (Lipinski definition) is 1. The molecular weight excluding hydrogens is 413 g/mol. The summed E-state index contributed by atoms with van der Waals surface area (Å²) in [6.07, 6.45) is 2.58. The maximum atomic E-state index is 14.3. The van der Waals surface area contributed by atoms with Gasteiger partial charge in [-0.2, -0.15) is 4.31 Å². The molecule has 1 aromatic carbocycles. The van der Waals surface area contributed by atoms with Gasteiger partial charge in [-0.25, -0.2) is 12.8 Å². The van der Waals surface area contributed by atoms with Crippen LogP contribution in [0.1, 0.15) is 32.6 Å². The number of halogens is 1. The summed E-state index contributed by atoms with van der Waals surface area (Å²) in [7, 11) is -4.03. The van der Waals surface area contributed by atoms with Crippen LogP contribution in [0.25, 0.3) is 0 Å². The summed E-state index contributed by atoms with van der Waals surface area (Å²) in [4.78, 5) is 26.1. The van der Waals surface area contributed by atoms with E-state index in [2.05, 4.69) is 5.32 Å². The molecule has 0 bridgehead atoms. The molecule has 0 spiro atoms. The number of rotatable bonds is 6. The van der Waals surface area contributed by atoms with Gasteiger partial charge in [-0.1, -0.05) is 6.92 Å². The molecule has 166 valence electrons. The minimum Gasteiger partial charge on any atom is -0.379 e. The minimum atomic E-state index is -4.03. The molecule has 2 aliphatic rings. The molecule has 30 heavy (non-hydrogen) atoms. The number of nitrogens with zero attached hydrogens (tertiary/aromatic N) is 2. The number of piperidine rings is 1. The Balaban J connectivity index is 1.72. The molecule has 8 nitrogen and oxygen atoms in total. The van der Waals surface area contributed by atoms with Gasteiger partial charge in [-0.05, 0) is 37.5 Å². The zero-order valence-electron chi connectivity index (χ0n) is 17.1. The first kappa shape index (κ1) is 22.6. The van der Waals surface area contributed by atoms with Crippen LogP contribution in [-0.4, -0.2) is 68.8 Å². The smallest absolute Gasteiger partial charge is 0.246 e. The highest BCUT2D eigenvalue weighted by Crippen LogP contribution is 2.25. The lowest BCUT2D eigenvalue weighted by Gasteiger charge is -2.32. The first-order valence-electron chi connectivity index (χ1n) is 10.3. The number of hydrogen-bond acceptors (Lipinski definition) is 5. The van der Waals surface area contributed by atoms with Crippen LogP contribution in [0.2, 0.25) is 0 Å². The van der Waals surface area contributed by atoms with Crippen LogP contribution >= 0.6 is 0 Å². The van der Waals surface area contributed by atoms with Crippen molar-refractivity contribution in [3.05, 3.63) is 24.0 Å². The lowest BCUT2D eigenvalue weighted by atomic mass is 9.96. The van der Waals surface area contributed by atoms with Gasteiger partial charge in [0.25, 0.3) is 0 Å². The van der Waals surface area contributed by atoms with Crippen molar-refractivity contribution in [3.63, 3.8) is 0 Å². The molecule has 10 heteroatoms. The Labute approximate surface area is 176 Å². The Morgan fingerprint density at radius 1 is 1.23 bits per heavy atom. The van der Waals surface area contributed by atoms with Crippen LogP contribution in [0.3, 0.4) is 0 Å². The molecule has 3 rings (SSSR count). The largest absolute Gasteiger partial charge is 0.379 e. The van der Waals surface area contributed by atoms with E-state index in [-0.39, 0.29) is 49.7 Å². The van der Waals surface area contributed by atoms with Crippen molar-refractivity contribution < 1.29 is 27.1 Å². The van der Waals surface area contributed by atoms with Gasteiger partial charge in [0.05, 0.1) is 19.1 Å². The third-order valence-electron chi connectivity index (χ3n) is 5.40. The van der Waals surface area contributed by atoms with E-state index in [1.807, 2.05) is 6.92 Å². The fourth-order valence-corrected chi connectivity index (χ4v) is 5.24. The monoisotopic (exact) mass is 441 g/mol. The summed E-state index contributed by atoms with van der Waals surface area (Å²) in [5.41, 5.74) is 0.213. The maximum Gasteiger partial charge on any atom is 0.246 e. The van der Waals surface area contributed by atoms with Gasteiger partial charge in [0.2, 0.25) is 21.8 Å². The van der Waals surface area contributed by atoms with Crippen molar-refractivity contribution in [3.8, 4) is 0 Å². The molecule has 1 aromatic rings. The van der Waals surface area contributed by atoms with E-state index < -0.39 is 20.7 Å². The number of ether oxygens (including phenoxy) is 1. The molecule has 1 N–H and O–H groups in total. The number of amides is 2. The number of anilines is 1. The van der Waals surface area contributed by atoms with E-state index in [4.69, 9.17) is 4.74 Å². The first-order valence-corrected chi connectivity index (χ1v) is 11.7. The number of benzene rings is 1. The zero-order valence-corrected chi connectivity index (χ0v) is 17.9. The van der Waals surface area contributed by atoms with Crippen LogP contribution in [-0.2, 0) is 24.3 Å². The second kappa shape index (κ2) is 9.84. The molecular formula is C20H28FN3O5S. The number of carbonyl (C=O) groups is 2. The second-order valence-electron chi connectivity index (χ2n) is 7.58. The summed E-state index contributed by atoms with van der Waals surface area (Å²) < 4.78 is 46.3. The zero-order chi connectivity index (χ0) is 21.7. The quantitative estimate of drug-likeness (QED) is 0.727. The lowest BCUT2D eigenvalue weighted by Crippen LogP contribution is -2.43. The normalized spacial score (nSPS) is 20.7. The number of nitrogens with one attached hydrogen (secondary N) is 1. The molecule has 1 unspecified atom stereocenters. The average Bonchev–Trinajstić information content (AvgIpc) is 2.76. The lowest BCUT2D eigenvalue weighted by molar-refractivity contribution is -0.134. The molecule has 0 saturated carbocycles. The molecule has 0 aliphatic carbocycles. The summed E-state index contributed by atoms with van der Waals surface area (Å²) in [6.45, 7) is 3.73. The standard InChI is InChI=1S/C20H28FN3O5S/c1-2-4-19(25)23-8-3-5-15(14-23)20(26)22-16-6-7-17(21)18(13-16)30(27,28)24-9-11-29-12-10-24/h6-7,13,15H,2-5,8-12,14H2,1H3,(H,22,26). The van der Waals surface area contributed by atoms with Crippen molar-refractivity contribution in [2.24, 2.45) is 5.92 Å². The Kier molecular flexibility index (Phi) is 7.43. The Bertz CT molecular complexity index is 886. The van der Waals surface area contributed by atoms with Crippen molar-refractivity contribution in [1.82, 2.24) is 9.21 Å². The average molecular weight is 442 g/mol. The molecule has 0 aromatic heterocycles. The number of carbonyl (C=O) groups excluding carboxylic acids is 2. The van der Waals surface area contributed by atoms with Gasteiger partial charge in [0.1, 0.15) is 10.7 Å². The van der Waals surface area contributed by atoms with Gasteiger partial charge in [0, 0.05) is 38.3 Å². The highest BCUT2D eigenvalue weighted by Gasteiger charge is 2.31.